The molecule has 0 aliphatic heterocycles. The van der Waals surface area contributed by atoms with Crippen LogP contribution in [0.1, 0.15) is 88.7 Å². The van der Waals surface area contributed by atoms with Crippen LogP contribution in [0.15, 0.2) is 23.8 Å². The van der Waals surface area contributed by atoms with Crippen molar-refractivity contribution in [2.75, 3.05) is 0 Å². The van der Waals surface area contributed by atoms with Gasteiger partial charge in [-0.2, -0.15) is 11.3 Å². The number of hydrogen-bond acceptors (Lipinski definition) is 1. The summed E-state index contributed by atoms with van der Waals surface area (Å²) in [5, 5.41) is 2.56. The average molecular weight is 486 g/mol. The van der Waals surface area contributed by atoms with Gasteiger partial charge in [0.1, 0.15) is 0 Å². The zero-order valence-electron chi connectivity index (χ0n) is 19.7. The first-order valence-corrected chi connectivity index (χ1v) is 11.0. The molecule has 1 fully saturated rings. The van der Waals surface area contributed by atoms with E-state index < -0.39 is 0 Å². The van der Waals surface area contributed by atoms with Gasteiger partial charge in [-0.05, 0) is 29.0 Å². The van der Waals surface area contributed by atoms with Gasteiger partial charge < -0.3 is 25.4 Å². The molecule has 1 amide bonds. The predicted octanol–water partition coefficient (Wildman–Crippen LogP) is 5.50. The number of benzene rings is 1. The van der Waals surface area contributed by atoms with E-state index in [2.05, 4.69) is 49.4 Å². The van der Waals surface area contributed by atoms with E-state index in [1.807, 2.05) is 0 Å². The quantitative estimate of drug-likeness (QED) is 0.383. The summed E-state index contributed by atoms with van der Waals surface area (Å²) in [6.45, 7) is 2.09. The van der Waals surface area contributed by atoms with E-state index in [0.717, 1.165) is 25.7 Å². The molecule has 0 unspecified atom stereocenters. The Bertz CT molecular complexity index is 860. The van der Waals surface area contributed by atoms with Crippen LogP contribution in [0.5, 0.6) is 0 Å². The normalized spacial score (nSPS) is 17.1. The topological polar surface area (TPSA) is 40.9 Å². The van der Waals surface area contributed by atoms with Crippen molar-refractivity contribution in [1.82, 2.24) is 0 Å². The molecule has 0 heterocycles. The molecule has 0 atom stereocenters. The van der Waals surface area contributed by atoms with E-state index in [1.165, 1.54) is 72.1 Å². The molecule has 4 rings (SSSR count). The maximum absolute atomic E-state index is 11.1. The van der Waals surface area contributed by atoms with Gasteiger partial charge in [0.2, 0.25) is 0 Å². The molecule has 1 aromatic carbocycles. The van der Waals surface area contributed by atoms with Gasteiger partial charge in [-0.3, -0.25) is 0 Å². The molecule has 4 heteroatoms. The summed E-state index contributed by atoms with van der Waals surface area (Å²) in [4.78, 5) is 11.1. The van der Waals surface area contributed by atoms with Crippen LogP contribution >= 0.6 is 0 Å². The van der Waals surface area contributed by atoms with Gasteiger partial charge in [0.05, 0.1) is 5.91 Å². The number of nitrogens with one attached hydrogen (secondary N) is 1. The molecule has 3 aliphatic carbocycles. The Labute approximate surface area is 216 Å². The largest absolute Gasteiger partial charge is 4.00 e. The van der Waals surface area contributed by atoms with Gasteiger partial charge in [0.15, 0.2) is 0 Å². The minimum Gasteiger partial charge on any atom is -0.668 e. The SMILES string of the molecule is CC1=Cc2cc3c(cc2=[C-]1)C=CC=3.[CH3-].[CH3-].[NH-]C(=O)C1CCCCCCCCCCC1.[SiH4].[Ti+4]. The second kappa shape index (κ2) is 17.3. The average Bonchev–Trinajstić information content (AvgIpc) is 3.24. The molecule has 0 aromatic heterocycles. The molecule has 1 aromatic rings. The van der Waals surface area contributed by atoms with Crippen molar-refractivity contribution in [2.45, 2.75) is 77.6 Å². The molecule has 0 spiro atoms. The summed E-state index contributed by atoms with van der Waals surface area (Å²) in [5.41, 5.74) is 11.1. The first-order chi connectivity index (χ1) is 13.6. The van der Waals surface area contributed by atoms with Crippen LogP contribution in [-0.2, 0) is 26.5 Å². The fourth-order valence-electron chi connectivity index (χ4n) is 4.33. The van der Waals surface area contributed by atoms with Crippen LogP contribution in [0.2, 0.25) is 0 Å². The van der Waals surface area contributed by atoms with Crippen molar-refractivity contribution >= 4 is 41.2 Å². The second-order valence-corrected chi connectivity index (χ2v) is 8.37. The van der Waals surface area contributed by atoms with E-state index in [1.54, 1.807) is 0 Å². The fourth-order valence-corrected chi connectivity index (χ4v) is 4.33. The molecule has 2 nitrogen and oxygen atoms in total. The smallest absolute Gasteiger partial charge is 0.668 e. The molecule has 0 bridgehead atoms. The molecule has 1 saturated carbocycles. The van der Waals surface area contributed by atoms with Gasteiger partial charge in [-0.1, -0.05) is 94.6 Å². The summed E-state index contributed by atoms with van der Waals surface area (Å²) in [7, 11) is 0. The van der Waals surface area contributed by atoms with Crippen LogP contribution < -0.4 is 10.4 Å². The zero-order chi connectivity index (χ0) is 19.8. The van der Waals surface area contributed by atoms with E-state index >= 15 is 0 Å². The van der Waals surface area contributed by atoms with Gasteiger partial charge in [-0.15, -0.1) is 23.3 Å². The first-order valence-electron chi connectivity index (χ1n) is 11.0. The Hall–Kier alpha value is -1.16. The van der Waals surface area contributed by atoms with Gasteiger partial charge in [0.25, 0.3) is 0 Å². The van der Waals surface area contributed by atoms with Crippen molar-refractivity contribution in [1.29, 1.82) is 0 Å². The number of carbonyl (C=O) groups excluding carboxylic acids is 1. The standard InChI is InChI=1S/C13H25NO.C13H9.2CH3.H4Si.Ti/c14-13(15)12-10-8-6-4-2-1-3-5-7-9-11-12;1-9-5-12-7-10-3-2-4-11(10)8-13(12)6-9;;;;/h12H,1-11H2,(H2,14,15);2-5,7-8H,1H3;2*1H3;1H4;/q;3*-1;;+4/p-1. The number of rotatable bonds is 1. The van der Waals surface area contributed by atoms with Crippen LogP contribution in [0.3, 0.4) is 0 Å². The molecular formula is C28H43NOSiTi. The summed E-state index contributed by atoms with van der Waals surface area (Å²) in [6.07, 6.45) is 25.4. The summed E-state index contributed by atoms with van der Waals surface area (Å²) in [5.74, 6) is -0.281. The summed E-state index contributed by atoms with van der Waals surface area (Å²) < 4.78 is 0. The van der Waals surface area contributed by atoms with Crippen molar-refractivity contribution < 1.29 is 26.5 Å². The zero-order valence-corrected chi connectivity index (χ0v) is 21.3. The number of hydrogen-bond donors (Lipinski definition) is 0. The number of allylic oxidation sites excluding steroid dienone is 2. The Morgan fingerprint density at radius 2 is 1.44 bits per heavy atom. The van der Waals surface area contributed by atoms with Crippen molar-refractivity contribution in [2.24, 2.45) is 5.92 Å². The molecule has 174 valence electrons. The molecule has 0 saturated heterocycles. The van der Waals surface area contributed by atoms with Crippen LogP contribution in [-0.4, -0.2) is 16.9 Å². The van der Waals surface area contributed by atoms with E-state index in [-0.39, 0.29) is 59.4 Å². The van der Waals surface area contributed by atoms with Crippen LogP contribution in [0.25, 0.3) is 30.0 Å². The van der Waals surface area contributed by atoms with Crippen molar-refractivity contribution in [3.05, 3.63) is 65.9 Å². The van der Waals surface area contributed by atoms with Crippen LogP contribution in [0.4, 0.5) is 0 Å². The maximum Gasteiger partial charge on any atom is 4.00 e. The van der Waals surface area contributed by atoms with Gasteiger partial charge >= 0.3 is 21.7 Å². The third-order valence-electron chi connectivity index (χ3n) is 5.99. The summed E-state index contributed by atoms with van der Waals surface area (Å²) in [6, 6.07) is 4.44. The fraction of sp³-hybridized carbons (Fsp3) is 0.464. The van der Waals surface area contributed by atoms with Gasteiger partial charge in [0, 0.05) is 5.92 Å². The molecule has 3 aliphatic rings. The monoisotopic (exact) mass is 485 g/mol. The second-order valence-electron chi connectivity index (χ2n) is 8.37. The minimum absolute atomic E-state index is 0. The Morgan fingerprint density at radius 1 is 0.906 bits per heavy atom. The minimum atomic E-state index is -0.327. The predicted molar refractivity (Wildman–Crippen MR) is 144 cm³/mol. The first kappa shape index (κ1) is 33.0. The van der Waals surface area contributed by atoms with Gasteiger partial charge in [-0.25, -0.2) is 0 Å². The number of fused-ring (bicyclic) bond motifs is 2. The maximum atomic E-state index is 11.1. The molecular weight excluding hydrogens is 442 g/mol. The molecule has 32 heavy (non-hydrogen) atoms. The molecule has 0 radical (unpaired) electrons. The number of carbonyl (C=O) groups is 1. The Kier molecular flexibility index (Phi) is 17.9. The number of amides is 1. The third kappa shape index (κ3) is 10.2. The summed E-state index contributed by atoms with van der Waals surface area (Å²) >= 11 is 0. The van der Waals surface area contributed by atoms with Crippen molar-refractivity contribution in [3.8, 4) is 0 Å². The van der Waals surface area contributed by atoms with Crippen molar-refractivity contribution in [3.63, 3.8) is 0 Å². The Balaban J connectivity index is 0. The van der Waals surface area contributed by atoms with E-state index in [0.29, 0.717) is 0 Å². The van der Waals surface area contributed by atoms with Crippen LogP contribution in [0, 0.1) is 20.8 Å². The van der Waals surface area contributed by atoms with E-state index in [4.69, 9.17) is 5.73 Å². The third-order valence-corrected chi connectivity index (χ3v) is 5.99. The molecule has 1 N–H and O–H groups in total. The van der Waals surface area contributed by atoms with E-state index in [9.17, 15) is 4.79 Å². The Morgan fingerprint density at radius 3 is 1.97 bits per heavy atom.